The van der Waals surface area contributed by atoms with E-state index in [0.29, 0.717) is 5.75 Å². The first-order valence-electron chi connectivity index (χ1n) is 6.40. The molecule has 0 spiro atoms. The fourth-order valence-electron chi connectivity index (χ4n) is 2.89. The minimum atomic E-state index is -0.424. The largest absolute Gasteiger partial charge is 0.490 e. The minimum Gasteiger partial charge on any atom is -0.490 e. The third-order valence-corrected chi connectivity index (χ3v) is 4.62. The molecule has 0 aromatic heterocycles. The quantitative estimate of drug-likeness (QED) is 0.905. The third-order valence-electron chi connectivity index (χ3n) is 4.33. The molecule has 0 saturated heterocycles. The van der Waals surface area contributed by atoms with E-state index in [4.69, 9.17) is 22.1 Å². The summed E-state index contributed by atoms with van der Waals surface area (Å²) < 4.78 is 19.0. The van der Waals surface area contributed by atoms with Crippen LogP contribution in [0.15, 0.2) is 18.2 Å². The van der Waals surface area contributed by atoms with Crippen molar-refractivity contribution in [2.75, 3.05) is 0 Å². The lowest BCUT2D eigenvalue weighted by molar-refractivity contribution is -0.0722. The smallest absolute Gasteiger partial charge is 0.142 e. The van der Waals surface area contributed by atoms with Crippen LogP contribution in [0.4, 0.5) is 4.39 Å². The van der Waals surface area contributed by atoms with Crippen molar-refractivity contribution in [3.05, 3.63) is 29.0 Å². The van der Waals surface area contributed by atoms with Gasteiger partial charge in [0, 0.05) is 23.9 Å². The summed E-state index contributed by atoms with van der Waals surface area (Å²) in [4.78, 5) is 0. The lowest BCUT2D eigenvalue weighted by Gasteiger charge is -2.53. The molecule has 1 aromatic rings. The van der Waals surface area contributed by atoms with Crippen molar-refractivity contribution < 1.29 is 9.13 Å². The van der Waals surface area contributed by atoms with Crippen molar-refractivity contribution in [1.29, 1.82) is 0 Å². The van der Waals surface area contributed by atoms with Crippen LogP contribution in [0.2, 0.25) is 5.02 Å². The Bertz CT molecular complexity index is 434. The fraction of sp³-hybridized carbons (Fsp3) is 0.571. The van der Waals surface area contributed by atoms with E-state index in [1.807, 2.05) is 0 Å². The molecular weight excluding hydrogens is 253 g/mol. The molecule has 18 heavy (non-hydrogen) atoms. The van der Waals surface area contributed by atoms with Gasteiger partial charge < -0.3 is 10.5 Å². The Hall–Kier alpha value is -0.800. The van der Waals surface area contributed by atoms with Crippen molar-refractivity contribution in [2.24, 2.45) is 11.1 Å². The molecule has 4 heteroatoms. The fourth-order valence-corrected chi connectivity index (χ4v) is 3.06. The molecule has 1 aromatic carbocycles. The number of benzene rings is 1. The number of rotatable bonds is 4. The topological polar surface area (TPSA) is 35.2 Å². The highest BCUT2D eigenvalue weighted by Gasteiger charge is 2.52. The molecule has 2 unspecified atom stereocenters. The Kier molecular flexibility index (Phi) is 3.83. The molecule has 1 aliphatic rings. The zero-order chi connectivity index (χ0) is 13.3. The normalized spacial score (nSPS) is 25.6. The van der Waals surface area contributed by atoms with Crippen molar-refractivity contribution in [3.63, 3.8) is 0 Å². The molecule has 0 radical (unpaired) electrons. The van der Waals surface area contributed by atoms with Crippen LogP contribution in [0, 0.1) is 11.2 Å². The van der Waals surface area contributed by atoms with Gasteiger partial charge in [-0.1, -0.05) is 25.4 Å². The van der Waals surface area contributed by atoms with Gasteiger partial charge in [0.1, 0.15) is 17.7 Å². The van der Waals surface area contributed by atoms with E-state index in [2.05, 4.69) is 13.8 Å². The molecule has 1 saturated carbocycles. The Morgan fingerprint density at radius 3 is 2.61 bits per heavy atom. The molecule has 0 amide bonds. The second-order valence-electron chi connectivity index (χ2n) is 4.96. The minimum absolute atomic E-state index is 0.0425. The van der Waals surface area contributed by atoms with Crippen LogP contribution in [0.5, 0.6) is 5.75 Å². The SMILES string of the molecule is CCC1(CC)C(N)CC1Oc1ccc(F)c(Cl)c1. The van der Waals surface area contributed by atoms with Gasteiger partial charge in [0.2, 0.25) is 0 Å². The molecule has 1 fully saturated rings. The van der Waals surface area contributed by atoms with Crippen LogP contribution < -0.4 is 10.5 Å². The van der Waals surface area contributed by atoms with E-state index in [1.54, 1.807) is 6.07 Å². The lowest BCUT2D eigenvalue weighted by atomic mass is 9.59. The predicted molar refractivity (Wildman–Crippen MR) is 71.4 cm³/mol. The first kappa shape index (κ1) is 13.6. The van der Waals surface area contributed by atoms with Gasteiger partial charge in [-0.25, -0.2) is 4.39 Å². The molecule has 2 atom stereocenters. The summed E-state index contributed by atoms with van der Waals surface area (Å²) in [7, 11) is 0. The van der Waals surface area contributed by atoms with E-state index in [0.717, 1.165) is 19.3 Å². The summed E-state index contributed by atoms with van der Waals surface area (Å²) in [5, 5.41) is 0.0923. The molecule has 2 N–H and O–H groups in total. The Balaban J connectivity index is 2.12. The van der Waals surface area contributed by atoms with Crippen molar-refractivity contribution >= 4 is 11.6 Å². The van der Waals surface area contributed by atoms with Gasteiger partial charge >= 0.3 is 0 Å². The molecule has 1 aliphatic carbocycles. The van der Waals surface area contributed by atoms with E-state index >= 15 is 0 Å². The Morgan fingerprint density at radius 2 is 2.11 bits per heavy atom. The molecule has 0 heterocycles. The van der Waals surface area contributed by atoms with Gasteiger partial charge in [-0.15, -0.1) is 0 Å². The van der Waals surface area contributed by atoms with Crippen LogP contribution in [-0.2, 0) is 0 Å². The van der Waals surface area contributed by atoms with Crippen molar-refractivity contribution in [1.82, 2.24) is 0 Å². The number of hydrogen-bond acceptors (Lipinski definition) is 2. The number of hydrogen-bond donors (Lipinski definition) is 1. The van der Waals surface area contributed by atoms with E-state index < -0.39 is 5.82 Å². The predicted octanol–water partition coefficient (Wildman–Crippen LogP) is 3.76. The highest BCUT2D eigenvalue weighted by atomic mass is 35.5. The molecule has 0 aliphatic heterocycles. The average molecular weight is 272 g/mol. The maximum Gasteiger partial charge on any atom is 0.142 e. The molecule has 2 rings (SSSR count). The van der Waals surface area contributed by atoms with Gasteiger partial charge in [0.15, 0.2) is 0 Å². The first-order valence-corrected chi connectivity index (χ1v) is 6.78. The van der Waals surface area contributed by atoms with E-state index in [-0.39, 0.29) is 22.6 Å². The maximum atomic E-state index is 13.1. The van der Waals surface area contributed by atoms with E-state index in [1.165, 1.54) is 12.1 Å². The summed E-state index contributed by atoms with van der Waals surface area (Å²) >= 11 is 5.75. The Labute approximate surface area is 112 Å². The van der Waals surface area contributed by atoms with Gasteiger partial charge in [0.05, 0.1) is 5.02 Å². The Morgan fingerprint density at radius 1 is 1.44 bits per heavy atom. The first-order chi connectivity index (χ1) is 8.53. The zero-order valence-electron chi connectivity index (χ0n) is 10.7. The highest BCUT2D eigenvalue weighted by molar-refractivity contribution is 6.30. The molecule has 2 nitrogen and oxygen atoms in total. The van der Waals surface area contributed by atoms with Gasteiger partial charge in [-0.05, 0) is 25.0 Å². The maximum absolute atomic E-state index is 13.1. The second-order valence-corrected chi connectivity index (χ2v) is 5.37. The summed E-state index contributed by atoms with van der Waals surface area (Å²) in [6.45, 7) is 4.27. The summed E-state index contributed by atoms with van der Waals surface area (Å²) in [5.74, 6) is 0.191. The number of ether oxygens (including phenoxy) is 1. The number of halogens is 2. The van der Waals surface area contributed by atoms with Crippen LogP contribution in [-0.4, -0.2) is 12.1 Å². The highest BCUT2D eigenvalue weighted by Crippen LogP contribution is 2.47. The summed E-state index contributed by atoms with van der Waals surface area (Å²) in [6, 6.07) is 4.65. The third kappa shape index (κ3) is 2.10. The summed E-state index contributed by atoms with van der Waals surface area (Å²) in [6.07, 6.45) is 2.93. The standard InChI is InChI=1S/C14H19ClFNO/c1-3-14(4-2)12(17)8-13(14)18-9-5-6-11(16)10(15)7-9/h5-7,12-13H,3-4,8,17H2,1-2H3. The number of nitrogens with two attached hydrogens (primary N) is 1. The van der Waals surface area contributed by atoms with Crippen LogP contribution in [0.3, 0.4) is 0 Å². The summed E-state index contributed by atoms with van der Waals surface area (Å²) in [5.41, 5.74) is 6.15. The monoisotopic (exact) mass is 271 g/mol. The van der Waals surface area contributed by atoms with Crippen molar-refractivity contribution in [3.8, 4) is 5.75 Å². The van der Waals surface area contributed by atoms with Gasteiger partial charge in [0.25, 0.3) is 0 Å². The van der Waals surface area contributed by atoms with Gasteiger partial charge in [-0.2, -0.15) is 0 Å². The average Bonchev–Trinajstić information content (AvgIpc) is 2.35. The second kappa shape index (κ2) is 5.06. The van der Waals surface area contributed by atoms with Crippen LogP contribution in [0.25, 0.3) is 0 Å². The van der Waals surface area contributed by atoms with E-state index in [9.17, 15) is 4.39 Å². The van der Waals surface area contributed by atoms with Crippen LogP contribution in [0.1, 0.15) is 33.1 Å². The van der Waals surface area contributed by atoms with Gasteiger partial charge in [-0.3, -0.25) is 0 Å². The zero-order valence-corrected chi connectivity index (χ0v) is 11.5. The molecule has 100 valence electrons. The van der Waals surface area contributed by atoms with Crippen molar-refractivity contribution in [2.45, 2.75) is 45.3 Å². The molecular formula is C14H19ClFNO. The lowest BCUT2D eigenvalue weighted by Crippen LogP contribution is -2.62. The van der Waals surface area contributed by atoms with Crippen LogP contribution >= 0.6 is 11.6 Å². The molecule has 0 bridgehead atoms.